The van der Waals surface area contributed by atoms with E-state index in [1.54, 1.807) is 75.9 Å². The number of aromatic carboxylic acids is 2. The molecule has 0 saturated carbocycles. The maximum atomic E-state index is 13.5. The van der Waals surface area contributed by atoms with Crippen LogP contribution in [0.2, 0.25) is 0 Å². The quantitative estimate of drug-likeness (QED) is 0.0270. The molecule has 32 heteroatoms. The van der Waals surface area contributed by atoms with Gasteiger partial charge in [0.05, 0.1) is 22.8 Å². The van der Waals surface area contributed by atoms with Crippen LogP contribution in [0.15, 0.2) is 346 Å². The number of allylic oxidation sites excluding steroid dienone is 6. The van der Waals surface area contributed by atoms with Crippen LogP contribution in [0.3, 0.4) is 0 Å². The van der Waals surface area contributed by atoms with Crippen molar-refractivity contribution in [2.45, 2.75) is 61.9 Å². The second-order valence-corrected chi connectivity index (χ2v) is 30.1. The molecule has 9 heterocycles. The number of halogens is 4. The molecule has 0 atom stereocenters. The van der Waals surface area contributed by atoms with Crippen LogP contribution < -0.4 is 5.32 Å². The van der Waals surface area contributed by atoms with E-state index in [9.17, 15) is 41.5 Å². The molecule has 0 amide bonds. The summed E-state index contributed by atoms with van der Waals surface area (Å²) in [6.45, 7) is 12.8. The average molecular weight is 2980 g/mol. The minimum atomic E-state index is -0.983. The zero-order chi connectivity index (χ0) is 97.7. The number of nitrogens with one attached hydrogen (secondary N) is 1. The van der Waals surface area contributed by atoms with Gasteiger partial charge in [0.1, 0.15) is 0 Å². The van der Waals surface area contributed by atoms with Crippen LogP contribution in [0.1, 0.15) is 79.5 Å². The third-order valence-corrected chi connectivity index (χ3v) is 19.2. The van der Waals surface area contributed by atoms with E-state index in [0.717, 1.165) is 91.1 Å². The zero-order valence-electron chi connectivity index (χ0n) is 77.6. The van der Waals surface area contributed by atoms with Gasteiger partial charge in [-0.05, 0) is 182 Å². The Kier molecular flexibility index (Phi) is 58.1. The molecule has 6 N–H and O–H groups in total. The summed E-state index contributed by atoms with van der Waals surface area (Å²) in [4.78, 5) is 77.6. The Bertz CT molecular complexity index is 6700. The first kappa shape index (κ1) is 124. The van der Waals surface area contributed by atoms with Crippen LogP contribution in [-0.4, -0.2) is 111 Å². The number of fused-ring (bicyclic) bond motifs is 4. The molecule has 0 bridgehead atoms. The normalized spacial score (nSPS) is 10.1. The Hall–Kier alpha value is -12.8. The number of hydrogen-bond acceptors (Lipinski definition) is 18. The first-order chi connectivity index (χ1) is 64.8. The molecule has 0 aliphatic carbocycles. The van der Waals surface area contributed by atoms with Crippen LogP contribution in [0.5, 0.6) is 0 Å². The predicted octanol–water partition coefficient (Wildman–Crippen LogP) is 24.2. The number of benzene rings is 9. The van der Waals surface area contributed by atoms with E-state index in [0.29, 0.717) is 17.9 Å². The first-order valence-corrected chi connectivity index (χ1v) is 42.3. The fourth-order valence-corrected chi connectivity index (χ4v) is 13.0. The van der Waals surface area contributed by atoms with Crippen LogP contribution in [0.25, 0.3) is 109 Å². The number of carbonyl (C=O) groups excluding carboxylic acids is 3. The second-order valence-electron chi connectivity index (χ2n) is 29.0. The number of aliphatic hydroxyl groups is 3. The van der Waals surface area contributed by atoms with E-state index in [-0.39, 0.29) is 178 Å². The summed E-state index contributed by atoms with van der Waals surface area (Å²) in [6, 6.07) is 105. The van der Waals surface area contributed by atoms with Crippen LogP contribution in [-0.2, 0) is 156 Å². The third-order valence-electron chi connectivity index (χ3n) is 18.1. The Balaban J connectivity index is 0.000000529. The van der Waals surface area contributed by atoms with E-state index in [2.05, 4.69) is 136 Å². The van der Waals surface area contributed by atoms with Crippen molar-refractivity contribution in [3.05, 3.63) is 434 Å². The van der Waals surface area contributed by atoms with Crippen molar-refractivity contribution >= 4 is 83.2 Å². The molecule has 0 fully saturated rings. The number of carboxylic acid groups (broad SMARTS) is 2. The maximum Gasteiger partial charge on any atom is 0.356 e. The Labute approximate surface area is 900 Å². The van der Waals surface area contributed by atoms with Gasteiger partial charge in [0.15, 0.2) is 28.7 Å². The van der Waals surface area contributed by atoms with Crippen LogP contribution in [0.4, 0.5) is 17.6 Å². The van der Waals surface area contributed by atoms with Gasteiger partial charge in [-0.3, -0.25) is 46.3 Å². The standard InChI is InChI=1S/3C15H10N.C13H11F2N2.C13H8NS.C11H6F2N.2C6H8N2O2.3C5H8O2.6Ir/c2*1-2-7-13(8-3-1)15-14-9-5-4-6-12(14)10-11-16-15;1-2-6-12(7-3-1)15-11-10-13-8-4-5-9-14(13)16-15;1-16-8-9-4-5-17-13(6-9)11-3-2-10(14)7-12(11)15;1-2-7-12-10(5-1)9-13(15-12)11-6-3-4-8-14-11;12-8-4-5-9(10(13)7-8)11-3-1-2-6-14-11;2*1-4-3-5(6(9)10)7-8(4)2;3*1-4(6)3-5(2)7;;;;;;/h2*1-7,9-11H;1-6,8-11H;2,4-7,16H,8H2,1H3;1-8H;1-4,6-7H;2*3H,1-2H3,(H,9,10);3*3,6H,1-2H3;;;;;;/q6*-1;;;;;;;;;;;. The maximum absolute atomic E-state index is 13.5. The predicted molar refractivity (Wildman–Crippen MR) is 523 cm³/mol. The summed E-state index contributed by atoms with van der Waals surface area (Å²) in [7, 11) is 5.24. The molecular formula is C109H95F4Ir6N11O10S-6. The van der Waals surface area contributed by atoms with Gasteiger partial charge in [0, 0.05) is 231 Å². The van der Waals surface area contributed by atoms with E-state index in [1.807, 2.05) is 189 Å². The topological polar surface area (TPSA) is 312 Å². The summed E-state index contributed by atoms with van der Waals surface area (Å²) < 4.78 is 56.4. The van der Waals surface area contributed by atoms with Gasteiger partial charge in [0.25, 0.3) is 0 Å². The van der Waals surface area contributed by atoms with Gasteiger partial charge in [0.2, 0.25) is 0 Å². The third kappa shape index (κ3) is 43.0. The van der Waals surface area contributed by atoms with E-state index >= 15 is 0 Å². The SMILES string of the molecule is CC(=O)C=C(C)O.CC(=O)C=C(C)O.CC(=O)C=C(C)O.CNCc1ccnc(-c2[c-]cc(F)cc2F)c1.Cc1cc(C(=O)O)nn1C.Cc1cc(C(=O)O)nn1C.Fc1c[c-]c(-c2ccccn2)c(F)c1.[Ir].[Ir].[Ir].[Ir].[Ir].[Ir].[c-]1c(-c2ccccn2)sc2ccccc12.[c-]1ccccc1-c1ccc2ccccc2n1.[c-]1ccccc1-c1nccc2ccccc12.[c-]1ccccc1-c1nccc2ccccc12. The summed E-state index contributed by atoms with van der Waals surface area (Å²) in [5.74, 6) is -4.73. The van der Waals surface area contributed by atoms with Gasteiger partial charge in [-0.15, -0.1) is 156 Å². The summed E-state index contributed by atoms with van der Waals surface area (Å²) in [5, 5.41) is 59.5. The summed E-state index contributed by atoms with van der Waals surface area (Å²) in [6.07, 6.45) is 12.1. The monoisotopic (exact) mass is 2980 g/mol. The molecule has 6 radical (unpaired) electrons. The molecule has 9 aromatic carbocycles. The van der Waals surface area contributed by atoms with Crippen molar-refractivity contribution in [1.29, 1.82) is 0 Å². The number of hydrogen-bond donors (Lipinski definition) is 6. The molecule has 9 aromatic heterocycles. The van der Waals surface area contributed by atoms with Crippen LogP contribution >= 0.6 is 11.3 Å². The van der Waals surface area contributed by atoms with Crippen molar-refractivity contribution in [2.24, 2.45) is 14.1 Å². The molecule has 21 nitrogen and oxygen atoms in total. The number of pyridine rings is 6. The molecule has 0 aliphatic rings. The molecule has 0 unspecified atom stereocenters. The Morgan fingerprint density at radius 3 is 1.18 bits per heavy atom. The number of ketones is 3. The number of aliphatic hydroxyl groups excluding tert-OH is 3. The molecule has 141 heavy (non-hydrogen) atoms. The number of nitrogens with zero attached hydrogens (tertiary/aromatic N) is 10. The number of rotatable bonds is 13. The minimum absolute atomic E-state index is 0. The van der Waals surface area contributed by atoms with Gasteiger partial charge >= 0.3 is 11.9 Å². The largest absolute Gasteiger partial charge is 0.512 e. The molecule has 0 saturated heterocycles. The molecule has 0 spiro atoms. The van der Waals surface area contributed by atoms with Crippen molar-refractivity contribution < 1.29 is 188 Å². The molecule has 740 valence electrons. The van der Waals surface area contributed by atoms with Crippen molar-refractivity contribution in [3.8, 4) is 66.9 Å². The number of carbonyl (C=O) groups is 5. The number of para-hydroxylation sites is 1. The average Bonchev–Trinajstić information content (AvgIpc) is 1.74. The Morgan fingerprint density at radius 1 is 0.397 bits per heavy atom. The zero-order valence-corrected chi connectivity index (χ0v) is 92.7. The van der Waals surface area contributed by atoms with E-state index < -0.39 is 35.2 Å². The van der Waals surface area contributed by atoms with E-state index in [1.165, 1.54) is 118 Å². The fraction of sp³-hybridized carbons (Fsp3) is 0.110. The number of aromatic nitrogens is 10. The first-order valence-electron chi connectivity index (χ1n) is 41.5. The summed E-state index contributed by atoms with van der Waals surface area (Å²) in [5.41, 5.74) is 12.3. The minimum Gasteiger partial charge on any atom is -0.512 e. The fourth-order valence-electron chi connectivity index (χ4n) is 12.0. The van der Waals surface area contributed by atoms with Gasteiger partial charge in [-0.2, -0.15) is 10.2 Å². The molecule has 18 rings (SSSR count). The molecule has 18 aromatic rings. The summed E-state index contributed by atoms with van der Waals surface area (Å²) >= 11 is 1.73. The van der Waals surface area contributed by atoms with Crippen LogP contribution in [0, 0.1) is 73.5 Å². The second kappa shape index (κ2) is 66.0. The van der Waals surface area contributed by atoms with Crippen molar-refractivity contribution in [2.75, 3.05) is 7.05 Å². The van der Waals surface area contributed by atoms with E-state index in [4.69, 9.17) is 25.5 Å². The number of thiophene rings is 1. The van der Waals surface area contributed by atoms with Crippen molar-refractivity contribution in [3.63, 3.8) is 0 Å². The van der Waals surface area contributed by atoms with Gasteiger partial charge < -0.3 is 55.8 Å². The smallest absolute Gasteiger partial charge is 0.356 e. The molecular weight excluding hydrogens is 2880 g/mol. The Morgan fingerprint density at radius 2 is 0.794 bits per heavy atom. The van der Waals surface area contributed by atoms with Gasteiger partial charge in [-0.1, -0.05) is 145 Å². The van der Waals surface area contributed by atoms with Crippen molar-refractivity contribution in [1.82, 2.24) is 54.8 Å². The molecule has 0 aliphatic heterocycles. The number of aryl methyl sites for hydroxylation is 4. The number of carboxylic acids is 2. The van der Waals surface area contributed by atoms with Gasteiger partial charge in [-0.25, -0.2) is 20.9 Å².